The van der Waals surface area contributed by atoms with Gasteiger partial charge in [-0.3, -0.25) is 9.59 Å². The molecule has 0 fully saturated rings. The van der Waals surface area contributed by atoms with Gasteiger partial charge in [-0.15, -0.1) is 11.3 Å². The first-order chi connectivity index (χ1) is 8.65. The van der Waals surface area contributed by atoms with Crippen molar-refractivity contribution in [2.45, 2.75) is 39.0 Å². The van der Waals surface area contributed by atoms with E-state index in [0.717, 1.165) is 29.7 Å². The maximum Gasteiger partial charge on any atom is 0.303 e. The van der Waals surface area contributed by atoms with E-state index in [4.69, 9.17) is 5.11 Å². The van der Waals surface area contributed by atoms with Gasteiger partial charge in [-0.05, 0) is 36.3 Å². The van der Waals surface area contributed by atoms with Crippen LogP contribution in [-0.2, 0) is 11.2 Å². The molecule has 1 rings (SSSR count). The Morgan fingerprint density at radius 2 is 2.11 bits per heavy atom. The van der Waals surface area contributed by atoms with Crippen LogP contribution in [0.15, 0.2) is 11.4 Å². The van der Waals surface area contributed by atoms with Crippen LogP contribution in [0.2, 0.25) is 0 Å². The number of hydrogen-bond acceptors (Lipinski definition) is 3. The number of carbonyl (C=O) groups excluding carboxylic acids is 1. The van der Waals surface area contributed by atoms with Gasteiger partial charge in [-0.1, -0.05) is 13.3 Å². The Morgan fingerprint density at radius 1 is 1.33 bits per heavy atom. The molecule has 1 amide bonds. The molecule has 0 spiro atoms. The fourth-order valence-corrected chi connectivity index (χ4v) is 2.58. The van der Waals surface area contributed by atoms with E-state index in [0.29, 0.717) is 13.0 Å². The first-order valence-corrected chi connectivity index (χ1v) is 7.09. The molecule has 2 N–H and O–H groups in total. The molecule has 0 unspecified atom stereocenters. The lowest BCUT2D eigenvalue weighted by Crippen LogP contribution is -2.24. The van der Waals surface area contributed by atoms with Crippen molar-refractivity contribution >= 4 is 23.2 Å². The summed E-state index contributed by atoms with van der Waals surface area (Å²) in [5, 5.41) is 13.3. The average Bonchev–Trinajstić information content (AvgIpc) is 2.81. The lowest BCUT2D eigenvalue weighted by atomic mass is 10.2. The quantitative estimate of drug-likeness (QED) is 0.713. The first kappa shape index (κ1) is 14.7. The zero-order valence-corrected chi connectivity index (χ0v) is 11.4. The van der Waals surface area contributed by atoms with Crippen LogP contribution in [0.5, 0.6) is 0 Å². The molecular formula is C13H19NO3S. The number of unbranched alkanes of at least 4 members (excludes halogenated alkanes) is 2. The van der Waals surface area contributed by atoms with E-state index in [9.17, 15) is 9.59 Å². The molecule has 0 aliphatic rings. The molecule has 1 aromatic heterocycles. The van der Waals surface area contributed by atoms with E-state index >= 15 is 0 Å². The fraction of sp³-hybridized carbons (Fsp3) is 0.538. The molecule has 1 heterocycles. The van der Waals surface area contributed by atoms with Crippen LogP contribution in [0.3, 0.4) is 0 Å². The second-order valence-corrected chi connectivity index (χ2v) is 5.00. The van der Waals surface area contributed by atoms with Crippen LogP contribution in [0.4, 0.5) is 0 Å². The Morgan fingerprint density at radius 3 is 2.78 bits per heavy atom. The number of aryl methyl sites for hydroxylation is 1. The molecule has 18 heavy (non-hydrogen) atoms. The van der Waals surface area contributed by atoms with Crippen molar-refractivity contribution in [1.29, 1.82) is 0 Å². The Labute approximate surface area is 111 Å². The molecule has 0 atom stereocenters. The fourth-order valence-electron chi connectivity index (χ4n) is 1.67. The van der Waals surface area contributed by atoms with Gasteiger partial charge in [0.05, 0.1) is 4.88 Å². The summed E-state index contributed by atoms with van der Waals surface area (Å²) in [5.41, 5.74) is 1.09. The van der Waals surface area contributed by atoms with Crippen molar-refractivity contribution in [2.75, 3.05) is 6.54 Å². The smallest absolute Gasteiger partial charge is 0.303 e. The van der Waals surface area contributed by atoms with Gasteiger partial charge in [-0.25, -0.2) is 0 Å². The Bertz CT molecular complexity index is 401. The normalized spacial score (nSPS) is 10.3. The molecule has 100 valence electrons. The summed E-state index contributed by atoms with van der Waals surface area (Å²) < 4.78 is 0. The summed E-state index contributed by atoms with van der Waals surface area (Å²) in [4.78, 5) is 22.9. The number of aliphatic carboxylic acids is 1. The monoisotopic (exact) mass is 269 g/mol. The number of carbonyl (C=O) groups is 2. The van der Waals surface area contributed by atoms with Crippen LogP contribution >= 0.6 is 11.3 Å². The van der Waals surface area contributed by atoms with Gasteiger partial charge < -0.3 is 10.4 Å². The number of nitrogens with one attached hydrogen (secondary N) is 1. The number of hydrogen-bond donors (Lipinski definition) is 2. The van der Waals surface area contributed by atoms with Gasteiger partial charge in [0.15, 0.2) is 0 Å². The minimum Gasteiger partial charge on any atom is -0.481 e. The van der Waals surface area contributed by atoms with E-state index in [1.807, 2.05) is 18.4 Å². The largest absolute Gasteiger partial charge is 0.481 e. The zero-order valence-electron chi connectivity index (χ0n) is 10.6. The van der Waals surface area contributed by atoms with Gasteiger partial charge >= 0.3 is 5.97 Å². The molecular weight excluding hydrogens is 250 g/mol. The van der Waals surface area contributed by atoms with Crippen molar-refractivity contribution in [2.24, 2.45) is 0 Å². The molecule has 5 heteroatoms. The maximum atomic E-state index is 11.8. The van der Waals surface area contributed by atoms with E-state index in [2.05, 4.69) is 5.32 Å². The Hall–Kier alpha value is -1.36. The first-order valence-electron chi connectivity index (χ1n) is 6.21. The van der Waals surface area contributed by atoms with Crippen molar-refractivity contribution in [3.05, 3.63) is 21.9 Å². The second kappa shape index (κ2) is 7.87. The highest BCUT2D eigenvalue weighted by atomic mass is 32.1. The van der Waals surface area contributed by atoms with Gasteiger partial charge in [0.2, 0.25) is 0 Å². The minimum absolute atomic E-state index is 0.0138. The topological polar surface area (TPSA) is 66.4 Å². The highest BCUT2D eigenvalue weighted by Gasteiger charge is 2.10. The van der Waals surface area contributed by atoms with E-state index in [1.54, 1.807) is 0 Å². The molecule has 0 radical (unpaired) electrons. The number of carboxylic acids is 1. The average molecular weight is 269 g/mol. The third kappa shape index (κ3) is 4.87. The predicted octanol–water partition coefficient (Wildman–Crippen LogP) is 2.69. The molecule has 4 nitrogen and oxygen atoms in total. The van der Waals surface area contributed by atoms with Gasteiger partial charge in [0, 0.05) is 13.0 Å². The molecule has 0 saturated heterocycles. The summed E-state index contributed by atoms with van der Waals surface area (Å²) in [7, 11) is 0. The molecule has 0 aromatic carbocycles. The lowest BCUT2D eigenvalue weighted by molar-refractivity contribution is -0.137. The highest BCUT2D eigenvalue weighted by molar-refractivity contribution is 7.12. The third-order valence-corrected chi connectivity index (χ3v) is 3.64. The summed E-state index contributed by atoms with van der Waals surface area (Å²) in [6.07, 6.45) is 3.40. The summed E-state index contributed by atoms with van der Waals surface area (Å²) in [6.45, 7) is 2.64. The van der Waals surface area contributed by atoms with E-state index in [-0.39, 0.29) is 12.3 Å². The van der Waals surface area contributed by atoms with Gasteiger partial charge in [0.25, 0.3) is 5.91 Å². The molecule has 0 aliphatic heterocycles. The van der Waals surface area contributed by atoms with Gasteiger partial charge in [-0.2, -0.15) is 0 Å². The molecule has 0 saturated carbocycles. The minimum atomic E-state index is -0.759. The van der Waals surface area contributed by atoms with Crippen molar-refractivity contribution < 1.29 is 14.7 Å². The third-order valence-electron chi connectivity index (χ3n) is 2.69. The second-order valence-electron chi connectivity index (χ2n) is 4.09. The van der Waals surface area contributed by atoms with Crippen LogP contribution in [0.1, 0.15) is 47.8 Å². The molecule has 1 aromatic rings. The standard InChI is InChI=1S/C13H19NO3S/c1-2-10-7-9-18-12(10)13(17)14-8-5-3-4-6-11(15)16/h7,9H,2-6,8H2,1H3,(H,14,17)(H,15,16). The van der Waals surface area contributed by atoms with Crippen LogP contribution < -0.4 is 5.32 Å². The molecule has 0 aliphatic carbocycles. The lowest BCUT2D eigenvalue weighted by Gasteiger charge is -2.04. The number of thiophene rings is 1. The Balaban J connectivity index is 2.20. The maximum absolute atomic E-state index is 11.8. The van der Waals surface area contributed by atoms with Crippen LogP contribution in [0.25, 0.3) is 0 Å². The van der Waals surface area contributed by atoms with Crippen molar-refractivity contribution in [3.63, 3.8) is 0 Å². The summed E-state index contributed by atoms with van der Waals surface area (Å²) in [6, 6.07) is 1.98. The van der Waals surface area contributed by atoms with Crippen LogP contribution in [-0.4, -0.2) is 23.5 Å². The van der Waals surface area contributed by atoms with E-state index < -0.39 is 5.97 Å². The van der Waals surface area contributed by atoms with Crippen molar-refractivity contribution in [3.8, 4) is 0 Å². The zero-order chi connectivity index (χ0) is 13.4. The highest BCUT2D eigenvalue weighted by Crippen LogP contribution is 2.16. The predicted molar refractivity (Wildman–Crippen MR) is 72.1 cm³/mol. The van der Waals surface area contributed by atoms with Gasteiger partial charge in [0.1, 0.15) is 0 Å². The SMILES string of the molecule is CCc1ccsc1C(=O)NCCCCCC(=O)O. The van der Waals surface area contributed by atoms with Crippen molar-refractivity contribution in [1.82, 2.24) is 5.32 Å². The number of amides is 1. The Kier molecular flexibility index (Phi) is 6.43. The summed E-state index contributed by atoms with van der Waals surface area (Å²) >= 11 is 1.46. The summed E-state index contributed by atoms with van der Waals surface area (Å²) in [5.74, 6) is -0.773. The van der Waals surface area contributed by atoms with Crippen LogP contribution in [0, 0.1) is 0 Å². The van der Waals surface area contributed by atoms with E-state index in [1.165, 1.54) is 11.3 Å². The number of rotatable bonds is 8. The number of carboxylic acid groups (broad SMARTS) is 1. The molecule has 0 bridgehead atoms.